The Kier molecular flexibility index (Phi) is 15.5. The molecule has 0 unspecified atom stereocenters. The van der Waals surface area contributed by atoms with Gasteiger partial charge in [-0.05, 0) is 38.5 Å². The van der Waals surface area contributed by atoms with Crippen molar-refractivity contribution in [3.63, 3.8) is 0 Å². The van der Waals surface area contributed by atoms with Crippen molar-refractivity contribution < 1.29 is 19.1 Å². The van der Waals surface area contributed by atoms with Crippen molar-refractivity contribution >= 4 is 11.9 Å². The van der Waals surface area contributed by atoms with Gasteiger partial charge in [0.15, 0.2) is 0 Å². The zero-order chi connectivity index (χ0) is 22.0. The molecule has 0 saturated heterocycles. The molecule has 0 radical (unpaired) electrons. The highest BCUT2D eigenvalue weighted by Crippen LogP contribution is 2.33. The third kappa shape index (κ3) is 11.2. The Morgan fingerprint density at radius 1 is 0.667 bits per heavy atom. The number of rotatable bonds is 17. The fourth-order valence-electron chi connectivity index (χ4n) is 4.23. The lowest BCUT2D eigenvalue weighted by molar-refractivity contribution is -0.143. The summed E-state index contributed by atoms with van der Waals surface area (Å²) in [4.78, 5) is 25.4. The number of ether oxygens (including phenoxy) is 2. The van der Waals surface area contributed by atoms with Crippen LogP contribution in [0.3, 0.4) is 0 Å². The van der Waals surface area contributed by atoms with Gasteiger partial charge < -0.3 is 9.47 Å². The predicted molar refractivity (Wildman–Crippen MR) is 123 cm³/mol. The van der Waals surface area contributed by atoms with E-state index >= 15 is 0 Å². The van der Waals surface area contributed by atoms with Crippen LogP contribution in [0.25, 0.3) is 0 Å². The van der Waals surface area contributed by atoms with Crippen molar-refractivity contribution in [2.24, 2.45) is 5.92 Å². The Morgan fingerprint density at radius 3 is 1.60 bits per heavy atom. The Balaban J connectivity index is 2.48. The number of hydrogen-bond acceptors (Lipinski definition) is 4. The fourth-order valence-corrected chi connectivity index (χ4v) is 4.23. The molecule has 1 fully saturated rings. The molecule has 1 saturated carbocycles. The number of carbonyl (C=O) groups is 2. The van der Waals surface area contributed by atoms with Crippen LogP contribution in [0.4, 0.5) is 0 Å². The lowest BCUT2D eigenvalue weighted by atomic mass is 9.93. The summed E-state index contributed by atoms with van der Waals surface area (Å²) >= 11 is 0. The Hall–Kier alpha value is -1.32. The largest absolute Gasteiger partial charge is 0.462 e. The summed E-state index contributed by atoms with van der Waals surface area (Å²) in [7, 11) is 0. The monoisotopic (exact) mass is 422 g/mol. The van der Waals surface area contributed by atoms with Crippen LogP contribution in [-0.4, -0.2) is 25.2 Å². The van der Waals surface area contributed by atoms with Gasteiger partial charge in [0.05, 0.1) is 18.8 Å². The van der Waals surface area contributed by atoms with Crippen LogP contribution in [0.15, 0.2) is 11.1 Å². The summed E-state index contributed by atoms with van der Waals surface area (Å²) in [5.74, 6) is -0.505. The maximum atomic E-state index is 12.8. The van der Waals surface area contributed by atoms with Gasteiger partial charge in [-0.1, -0.05) is 90.9 Å². The third-order valence-corrected chi connectivity index (χ3v) is 6.16. The molecule has 0 N–H and O–H groups in total. The van der Waals surface area contributed by atoms with Crippen LogP contribution < -0.4 is 0 Å². The molecule has 1 aliphatic carbocycles. The molecule has 1 aliphatic rings. The van der Waals surface area contributed by atoms with E-state index in [9.17, 15) is 9.59 Å². The highest BCUT2D eigenvalue weighted by molar-refractivity contribution is 6.00. The van der Waals surface area contributed by atoms with Crippen LogP contribution >= 0.6 is 0 Å². The summed E-state index contributed by atoms with van der Waals surface area (Å²) in [6.07, 6.45) is 18.0. The molecular formula is C26H46O4. The van der Waals surface area contributed by atoms with Crippen molar-refractivity contribution in [2.75, 3.05) is 13.2 Å². The van der Waals surface area contributed by atoms with Crippen molar-refractivity contribution in [1.82, 2.24) is 0 Å². The summed E-state index contributed by atoms with van der Waals surface area (Å²) in [6, 6.07) is 0. The lowest BCUT2D eigenvalue weighted by Gasteiger charge is -2.17. The zero-order valence-electron chi connectivity index (χ0n) is 19.9. The van der Waals surface area contributed by atoms with E-state index < -0.39 is 0 Å². The van der Waals surface area contributed by atoms with Gasteiger partial charge in [0.2, 0.25) is 0 Å². The van der Waals surface area contributed by atoms with Crippen LogP contribution in [-0.2, 0) is 19.1 Å². The van der Waals surface area contributed by atoms with Gasteiger partial charge in [-0.15, -0.1) is 0 Å². The van der Waals surface area contributed by atoms with E-state index in [2.05, 4.69) is 13.8 Å². The van der Waals surface area contributed by atoms with Crippen LogP contribution in [0.2, 0.25) is 0 Å². The molecule has 1 rings (SSSR count). The second kappa shape index (κ2) is 17.4. The van der Waals surface area contributed by atoms with Gasteiger partial charge in [-0.25, -0.2) is 9.59 Å². The molecule has 0 aliphatic heterocycles. The van der Waals surface area contributed by atoms with Gasteiger partial charge >= 0.3 is 11.9 Å². The van der Waals surface area contributed by atoms with E-state index in [1.807, 2.05) is 0 Å². The number of carbonyl (C=O) groups excluding carboxylic acids is 2. The molecule has 0 atom stereocenters. The Bertz CT molecular complexity index is 503. The number of unbranched alkanes of at least 4 members (excludes halogenated alkanes) is 10. The van der Waals surface area contributed by atoms with Gasteiger partial charge in [-0.2, -0.15) is 0 Å². The Labute approximate surface area is 185 Å². The smallest absolute Gasteiger partial charge is 0.334 e. The number of esters is 2. The van der Waals surface area contributed by atoms with Crippen LogP contribution in [0.5, 0.6) is 0 Å². The van der Waals surface area contributed by atoms with Crippen molar-refractivity contribution in [3.8, 4) is 0 Å². The van der Waals surface area contributed by atoms with Crippen molar-refractivity contribution in [1.29, 1.82) is 0 Å². The average molecular weight is 423 g/mol. The zero-order valence-corrected chi connectivity index (χ0v) is 19.9. The van der Waals surface area contributed by atoms with Gasteiger partial charge in [0.1, 0.15) is 0 Å². The maximum absolute atomic E-state index is 12.8. The minimum atomic E-state index is -0.345. The van der Waals surface area contributed by atoms with E-state index in [0.717, 1.165) is 51.4 Å². The average Bonchev–Trinajstić information content (AvgIpc) is 3.26. The standard InChI is InChI=1S/C26H46O4/c1-4-6-8-10-12-16-20-29-25(27)22(3)24(23-18-14-15-19-23)26(28)30-21-17-13-11-9-7-5-2/h23H,4-21H2,1-3H3. The van der Waals surface area contributed by atoms with Crippen molar-refractivity contribution in [3.05, 3.63) is 11.1 Å². The molecule has 4 nitrogen and oxygen atoms in total. The second-order valence-electron chi connectivity index (χ2n) is 8.83. The fraction of sp³-hybridized carbons (Fsp3) is 0.846. The maximum Gasteiger partial charge on any atom is 0.334 e. The lowest BCUT2D eigenvalue weighted by Crippen LogP contribution is -2.20. The predicted octanol–water partition coefficient (Wildman–Crippen LogP) is 7.30. The molecule has 0 heterocycles. The van der Waals surface area contributed by atoms with E-state index in [4.69, 9.17) is 9.47 Å². The van der Waals surface area contributed by atoms with E-state index in [1.54, 1.807) is 6.92 Å². The van der Waals surface area contributed by atoms with Gasteiger partial charge in [0, 0.05) is 5.57 Å². The molecule has 30 heavy (non-hydrogen) atoms. The van der Waals surface area contributed by atoms with E-state index in [-0.39, 0.29) is 17.9 Å². The molecule has 0 aromatic heterocycles. The molecule has 0 spiro atoms. The molecule has 174 valence electrons. The summed E-state index contributed by atoms with van der Waals surface area (Å²) in [5.41, 5.74) is 1.03. The first-order chi connectivity index (χ1) is 14.6. The van der Waals surface area contributed by atoms with E-state index in [0.29, 0.717) is 24.4 Å². The summed E-state index contributed by atoms with van der Waals surface area (Å²) in [6.45, 7) is 7.04. The van der Waals surface area contributed by atoms with Crippen LogP contribution in [0.1, 0.15) is 124 Å². The Morgan fingerprint density at radius 2 is 1.10 bits per heavy atom. The second-order valence-corrected chi connectivity index (χ2v) is 8.83. The topological polar surface area (TPSA) is 52.6 Å². The minimum Gasteiger partial charge on any atom is -0.462 e. The molecule has 0 bridgehead atoms. The minimum absolute atomic E-state index is 0.142. The first-order valence-electron chi connectivity index (χ1n) is 12.7. The summed E-state index contributed by atoms with van der Waals surface area (Å²) < 4.78 is 11.0. The molecule has 4 heteroatoms. The molecule has 0 amide bonds. The van der Waals surface area contributed by atoms with Crippen molar-refractivity contribution in [2.45, 2.75) is 124 Å². The quantitative estimate of drug-likeness (QED) is 0.140. The highest BCUT2D eigenvalue weighted by atomic mass is 16.5. The first-order valence-corrected chi connectivity index (χ1v) is 12.7. The van der Waals surface area contributed by atoms with E-state index in [1.165, 1.54) is 51.4 Å². The summed E-state index contributed by atoms with van der Waals surface area (Å²) in [5, 5.41) is 0. The molecule has 0 aromatic carbocycles. The first kappa shape index (κ1) is 26.7. The number of hydrogen-bond donors (Lipinski definition) is 0. The van der Waals surface area contributed by atoms with Crippen LogP contribution in [0, 0.1) is 5.92 Å². The van der Waals surface area contributed by atoms with Gasteiger partial charge in [-0.3, -0.25) is 0 Å². The SMILES string of the molecule is CCCCCCCCOC(=O)C(C)=C(C(=O)OCCCCCCCC)C1CCCC1. The molecular weight excluding hydrogens is 376 g/mol. The normalized spacial score (nSPS) is 15.2. The molecule has 0 aromatic rings. The highest BCUT2D eigenvalue weighted by Gasteiger charge is 2.30. The third-order valence-electron chi connectivity index (χ3n) is 6.16. The van der Waals surface area contributed by atoms with Gasteiger partial charge in [0.25, 0.3) is 0 Å².